The summed E-state index contributed by atoms with van der Waals surface area (Å²) in [6.45, 7) is 0.321. The second-order valence-corrected chi connectivity index (χ2v) is 8.93. The van der Waals surface area contributed by atoms with Crippen LogP contribution in [0.5, 0.6) is 0 Å². The Balaban J connectivity index is 1.62. The van der Waals surface area contributed by atoms with Crippen molar-refractivity contribution in [2.75, 3.05) is 0 Å². The van der Waals surface area contributed by atoms with Gasteiger partial charge in [-0.3, -0.25) is 9.78 Å². The second-order valence-electron chi connectivity index (χ2n) is 8.12. The fourth-order valence-electron chi connectivity index (χ4n) is 4.20. The molecular weight excluding hydrogens is 479 g/mol. The average Bonchev–Trinajstić information content (AvgIpc) is 3.24. The summed E-state index contributed by atoms with van der Waals surface area (Å²) in [7, 11) is 0. The number of pyridine rings is 1. The van der Waals surface area contributed by atoms with E-state index in [1.165, 1.54) is 0 Å². The molecular formula is C28H22Cl2N4O. The van der Waals surface area contributed by atoms with Crippen molar-refractivity contribution in [3.05, 3.63) is 130 Å². The zero-order valence-corrected chi connectivity index (χ0v) is 20.2. The van der Waals surface area contributed by atoms with Crippen molar-refractivity contribution in [2.24, 2.45) is 0 Å². The van der Waals surface area contributed by atoms with Crippen LogP contribution in [0.15, 0.2) is 97.2 Å². The quantitative estimate of drug-likeness (QED) is 0.288. The Labute approximate surface area is 213 Å². The predicted octanol–water partition coefficient (Wildman–Crippen LogP) is 6.23. The van der Waals surface area contributed by atoms with E-state index in [0.717, 1.165) is 27.9 Å². The summed E-state index contributed by atoms with van der Waals surface area (Å²) >= 11 is 13.0. The first-order valence-electron chi connectivity index (χ1n) is 11.2. The number of amides is 1. The van der Waals surface area contributed by atoms with E-state index in [-0.39, 0.29) is 5.91 Å². The molecule has 0 aliphatic carbocycles. The molecule has 35 heavy (non-hydrogen) atoms. The largest absolute Gasteiger partial charge is 0.348 e. The normalized spacial score (nSPS) is 11.9. The molecule has 0 spiro atoms. The summed E-state index contributed by atoms with van der Waals surface area (Å²) in [5.74, 6) is 0.541. The number of hydrogen-bond acceptors (Lipinski definition) is 3. The molecule has 3 aromatic carbocycles. The molecule has 0 saturated heterocycles. The van der Waals surface area contributed by atoms with Gasteiger partial charge in [0, 0.05) is 22.7 Å². The van der Waals surface area contributed by atoms with Crippen molar-refractivity contribution in [3.8, 4) is 0 Å². The lowest BCUT2D eigenvalue weighted by Crippen LogP contribution is -2.34. The number of halogens is 2. The lowest BCUT2D eigenvalue weighted by Gasteiger charge is -2.22. The lowest BCUT2D eigenvalue weighted by molar-refractivity contribution is -0.123. The molecule has 0 saturated carbocycles. The third kappa shape index (κ3) is 4.92. The van der Waals surface area contributed by atoms with E-state index in [0.29, 0.717) is 28.8 Å². The number of benzene rings is 3. The maximum Gasteiger partial charge on any atom is 0.248 e. The van der Waals surface area contributed by atoms with Crippen LogP contribution in [-0.4, -0.2) is 20.4 Å². The number of nitrogens with zero attached hydrogens (tertiary/aromatic N) is 3. The van der Waals surface area contributed by atoms with E-state index >= 15 is 0 Å². The first-order chi connectivity index (χ1) is 17.1. The van der Waals surface area contributed by atoms with Crippen LogP contribution in [0.2, 0.25) is 10.0 Å². The van der Waals surface area contributed by atoms with Crippen LogP contribution in [0.3, 0.4) is 0 Å². The van der Waals surface area contributed by atoms with Crippen LogP contribution in [0.1, 0.15) is 28.7 Å². The number of fused-ring (bicyclic) bond motifs is 1. The number of carbonyl (C=O) groups excluding carboxylic acids is 1. The molecule has 5 nitrogen and oxygen atoms in total. The molecule has 1 amide bonds. The van der Waals surface area contributed by atoms with Gasteiger partial charge < -0.3 is 9.88 Å². The van der Waals surface area contributed by atoms with Crippen LogP contribution in [0.4, 0.5) is 0 Å². The van der Waals surface area contributed by atoms with E-state index in [9.17, 15) is 4.79 Å². The Hall–Kier alpha value is -3.67. The van der Waals surface area contributed by atoms with E-state index in [4.69, 9.17) is 28.2 Å². The van der Waals surface area contributed by atoms with Gasteiger partial charge in [0.1, 0.15) is 11.9 Å². The predicted molar refractivity (Wildman–Crippen MR) is 140 cm³/mol. The number of nitrogens with one attached hydrogen (secondary N) is 1. The van der Waals surface area contributed by atoms with Crippen LogP contribution in [0, 0.1) is 0 Å². The van der Waals surface area contributed by atoms with Crippen molar-refractivity contribution in [1.82, 2.24) is 19.9 Å². The van der Waals surface area contributed by atoms with Gasteiger partial charge in [0.25, 0.3) is 0 Å². The Kier molecular flexibility index (Phi) is 6.80. The SMILES string of the molecule is O=C(NCc1ccccn1)C(c1ccccc1)n1c(Cc2c(Cl)cccc2Cl)nc2ccccc21. The van der Waals surface area contributed by atoms with Crippen LogP contribution in [0.25, 0.3) is 11.0 Å². The Morgan fingerprint density at radius 2 is 1.57 bits per heavy atom. The van der Waals surface area contributed by atoms with Gasteiger partial charge in [-0.2, -0.15) is 0 Å². The zero-order chi connectivity index (χ0) is 24.2. The maximum atomic E-state index is 13.8. The van der Waals surface area contributed by atoms with Crippen molar-refractivity contribution >= 4 is 40.1 Å². The van der Waals surface area contributed by atoms with E-state index in [2.05, 4.69) is 10.3 Å². The third-order valence-electron chi connectivity index (χ3n) is 5.86. The maximum absolute atomic E-state index is 13.8. The molecule has 2 heterocycles. The lowest BCUT2D eigenvalue weighted by atomic mass is 10.0. The van der Waals surface area contributed by atoms with Gasteiger partial charge in [-0.1, -0.05) is 77.8 Å². The number of rotatable bonds is 7. The summed E-state index contributed by atoms with van der Waals surface area (Å²) in [5.41, 5.74) is 4.05. The van der Waals surface area contributed by atoms with Crippen LogP contribution < -0.4 is 5.32 Å². The standard InChI is InChI=1S/C28H22Cl2N4O/c29-22-12-8-13-23(30)21(22)17-26-33-24-14-4-5-15-25(24)34(26)27(19-9-2-1-3-10-19)28(35)32-18-20-11-6-7-16-31-20/h1-16,27H,17-18H2,(H,32,35). The van der Waals surface area contributed by atoms with Gasteiger partial charge in [0.2, 0.25) is 5.91 Å². The summed E-state index contributed by atoms with van der Waals surface area (Å²) in [5, 5.41) is 4.19. The highest BCUT2D eigenvalue weighted by Gasteiger charge is 2.28. The number of hydrogen-bond donors (Lipinski definition) is 1. The van der Waals surface area contributed by atoms with Crippen molar-refractivity contribution < 1.29 is 4.79 Å². The van der Waals surface area contributed by atoms with Gasteiger partial charge >= 0.3 is 0 Å². The third-order valence-corrected chi connectivity index (χ3v) is 6.57. The molecule has 174 valence electrons. The summed E-state index contributed by atoms with van der Waals surface area (Å²) < 4.78 is 1.98. The van der Waals surface area contributed by atoms with Gasteiger partial charge in [0.15, 0.2) is 0 Å². The van der Waals surface area contributed by atoms with E-state index in [1.54, 1.807) is 6.20 Å². The summed E-state index contributed by atoms with van der Waals surface area (Å²) in [6.07, 6.45) is 2.09. The zero-order valence-electron chi connectivity index (χ0n) is 18.7. The molecule has 1 N–H and O–H groups in total. The number of para-hydroxylation sites is 2. The number of imidazole rings is 1. The first-order valence-corrected chi connectivity index (χ1v) is 12.0. The molecule has 0 aliphatic rings. The molecule has 7 heteroatoms. The Morgan fingerprint density at radius 1 is 0.857 bits per heavy atom. The molecule has 1 atom stereocenters. The highest BCUT2D eigenvalue weighted by atomic mass is 35.5. The highest BCUT2D eigenvalue weighted by Crippen LogP contribution is 2.31. The molecule has 0 fully saturated rings. The topological polar surface area (TPSA) is 59.8 Å². The monoisotopic (exact) mass is 500 g/mol. The fourth-order valence-corrected chi connectivity index (χ4v) is 4.73. The molecule has 0 bridgehead atoms. The van der Waals surface area contributed by atoms with E-state index < -0.39 is 6.04 Å². The first kappa shape index (κ1) is 23.1. The molecule has 2 aromatic heterocycles. The minimum atomic E-state index is -0.649. The van der Waals surface area contributed by atoms with Crippen molar-refractivity contribution in [3.63, 3.8) is 0 Å². The van der Waals surface area contributed by atoms with Crippen LogP contribution in [-0.2, 0) is 17.8 Å². The summed E-state index contributed by atoms with van der Waals surface area (Å²) in [6, 6.07) is 27.9. The van der Waals surface area contributed by atoms with Crippen molar-refractivity contribution in [2.45, 2.75) is 19.0 Å². The van der Waals surface area contributed by atoms with Gasteiger partial charge in [0.05, 0.1) is 23.3 Å². The van der Waals surface area contributed by atoms with Crippen molar-refractivity contribution in [1.29, 1.82) is 0 Å². The Morgan fingerprint density at radius 3 is 2.31 bits per heavy atom. The number of carbonyl (C=O) groups is 1. The average molecular weight is 501 g/mol. The Bertz CT molecular complexity index is 1450. The number of aromatic nitrogens is 3. The van der Waals surface area contributed by atoms with Gasteiger partial charge in [-0.25, -0.2) is 4.98 Å². The minimum Gasteiger partial charge on any atom is -0.348 e. The minimum absolute atomic E-state index is 0.156. The van der Waals surface area contributed by atoms with E-state index in [1.807, 2.05) is 95.6 Å². The molecule has 5 rings (SSSR count). The summed E-state index contributed by atoms with van der Waals surface area (Å²) in [4.78, 5) is 23.0. The second kappa shape index (κ2) is 10.3. The molecule has 1 unspecified atom stereocenters. The molecule has 0 radical (unpaired) electrons. The van der Waals surface area contributed by atoms with Gasteiger partial charge in [-0.05, 0) is 47.5 Å². The van der Waals surface area contributed by atoms with Gasteiger partial charge in [-0.15, -0.1) is 0 Å². The van der Waals surface area contributed by atoms with Crippen LogP contribution >= 0.6 is 23.2 Å². The molecule has 5 aromatic rings. The highest BCUT2D eigenvalue weighted by molar-refractivity contribution is 6.36. The smallest absolute Gasteiger partial charge is 0.248 e. The molecule has 0 aliphatic heterocycles. The fraction of sp³-hybridized carbons (Fsp3) is 0.107.